The number of nitro benzene ring substituents is 1. The Balaban J connectivity index is 2.19. The molecule has 2 aromatic carbocycles. The summed E-state index contributed by atoms with van der Waals surface area (Å²) in [5.74, 6) is -0.227. The topological polar surface area (TPSA) is 52.4 Å². The number of nitro groups is 1. The molecule has 5 heteroatoms. The molecule has 2 rings (SSSR count). The summed E-state index contributed by atoms with van der Waals surface area (Å²) < 4.78 is 19.4. The van der Waals surface area contributed by atoms with Gasteiger partial charge < -0.3 is 4.74 Å². The van der Waals surface area contributed by atoms with Crippen LogP contribution in [0.15, 0.2) is 36.4 Å². The van der Waals surface area contributed by atoms with Crippen molar-refractivity contribution in [2.24, 2.45) is 0 Å². The fourth-order valence-corrected chi connectivity index (χ4v) is 2.00. The molecule has 0 saturated carbocycles. The molecule has 0 atom stereocenters. The molecule has 2 aromatic rings. The second kappa shape index (κ2) is 5.69. The molecule has 0 bridgehead atoms. The third-order valence-corrected chi connectivity index (χ3v) is 2.84. The maximum Gasteiger partial charge on any atom is 0.305 e. The van der Waals surface area contributed by atoms with Gasteiger partial charge in [0, 0.05) is 11.6 Å². The molecular weight excluding hydrogens is 261 g/mol. The number of ether oxygens (including phenoxy) is 1. The number of aryl methyl sites for hydroxylation is 2. The van der Waals surface area contributed by atoms with Crippen molar-refractivity contribution in [1.82, 2.24) is 0 Å². The normalized spacial score (nSPS) is 10.3. The van der Waals surface area contributed by atoms with Crippen LogP contribution >= 0.6 is 0 Å². The standard InChI is InChI=1S/C15H14FNO3/c1-10-6-11(2)8-13(7-10)20-9-12-4-3-5-14(15(12)16)17(18)19/h3-8H,9H2,1-2H3. The zero-order chi connectivity index (χ0) is 14.7. The number of nitrogens with zero attached hydrogens (tertiary/aromatic N) is 1. The van der Waals surface area contributed by atoms with Gasteiger partial charge in [0.15, 0.2) is 0 Å². The van der Waals surface area contributed by atoms with Crippen LogP contribution in [0.5, 0.6) is 5.75 Å². The predicted molar refractivity (Wildman–Crippen MR) is 73.3 cm³/mol. The monoisotopic (exact) mass is 275 g/mol. The lowest BCUT2D eigenvalue weighted by molar-refractivity contribution is -0.387. The minimum Gasteiger partial charge on any atom is -0.489 e. The van der Waals surface area contributed by atoms with Crippen LogP contribution in [-0.4, -0.2) is 4.92 Å². The average Bonchev–Trinajstić information content (AvgIpc) is 2.36. The summed E-state index contributed by atoms with van der Waals surface area (Å²) in [5.41, 5.74) is 1.71. The Morgan fingerprint density at radius 1 is 1.20 bits per heavy atom. The van der Waals surface area contributed by atoms with Crippen molar-refractivity contribution in [3.63, 3.8) is 0 Å². The molecule has 0 saturated heterocycles. The van der Waals surface area contributed by atoms with Crippen molar-refractivity contribution in [2.45, 2.75) is 20.5 Å². The van der Waals surface area contributed by atoms with Crippen LogP contribution < -0.4 is 4.74 Å². The van der Waals surface area contributed by atoms with E-state index in [9.17, 15) is 14.5 Å². The molecule has 20 heavy (non-hydrogen) atoms. The van der Waals surface area contributed by atoms with Crippen LogP contribution in [0.2, 0.25) is 0 Å². The molecule has 0 amide bonds. The molecule has 4 nitrogen and oxygen atoms in total. The maximum atomic E-state index is 13.9. The first-order valence-electron chi connectivity index (χ1n) is 6.10. The Labute approximate surface area is 116 Å². The van der Waals surface area contributed by atoms with Gasteiger partial charge in [0.25, 0.3) is 0 Å². The number of rotatable bonds is 4. The van der Waals surface area contributed by atoms with E-state index in [1.54, 1.807) is 0 Å². The molecule has 0 aromatic heterocycles. The van der Waals surface area contributed by atoms with Gasteiger partial charge in [-0.15, -0.1) is 0 Å². The van der Waals surface area contributed by atoms with Gasteiger partial charge in [0.1, 0.15) is 12.4 Å². The highest BCUT2D eigenvalue weighted by Gasteiger charge is 2.17. The summed E-state index contributed by atoms with van der Waals surface area (Å²) >= 11 is 0. The minimum atomic E-state index is -0.845. The van der Waals surface area contributed by atoms with E-state index in [0.717, 1.165) is 17.2 Å². The summed E-state index contributed by atoms with van der Waals surface area (Å²) in [6, 6.07) is 9.73. The summed E-state index contributed by atoms with van der Waals surface area (Å²) in [4.78, 5) is 9.92. The lowest BCUT2D eigenvalue weighted by Gasteiger charge is -2.09. The Morgan fingerprint density at radius 2 is 1.85 bits per heavy atom. The number of hydrogen-bond acceptors (Lipinski definition) is 3. The van der Waals surface area contributed by atoms with E-state index >= 15 is 0 Å². The van der Waals surface area contributed by atoms with Crippen molar-refractivity contribution in [1.29, 1.82) is 0 Å². The van der Waals surface area contributed by atoms with Crippen LogP contribution in [-0.2, 0) is 6.61 Å². The summed E-state index contributed by atoms with van der Waals surface area (Å²) in [6.07, 6.45) is 0. The zero-order valence-electron chi connectivity index (χ0n) is 11.2. The van der Waals surface area contributed by atoms with Crippen LogP contribution in [0.1, 0.15) is 16.7 Å². The Kier molecular flexibility index (Phi) is 3.98. The van der Waals surface area contributed by atoms with Gasteiger partial charge >= 0.3 is 5.69 Å². The smallest absolute Gasteiger partial charge is 0.305 e. The third kappa shape index (κ3) is 3.12. The van der Waals surface area contributed by atoms with E-state index < -0.39 is 16.4 Å². The Hall–Kier alpha value is -2.43. The molecular formula is C15H14FNO3. The molecule has 0 aliphatic carbocycles. The highest BCUT2D eigenvalue weighted by molar-refractivity contribution is 5.37. The van der Waals surface area contributed by atoms with Crippen molar-refractivity contribution in [3.8, 4) is 5.75 Å². The second-order valence-corrected chi connectivity index (χ2v) is 4.62. The third-order valence-electron chi connectivity index (χ3n) is 2.84. The van der Waals surface area contributed by atoms with Crippen LogP contribution in [0.25, 0.3) is 0 Å². The highest BCUT2D eigenvalue weighted by atomic mass is 19.1. The van der Waals surface area contributed by atoms with E-state index in [4.69, 9.17) is 4.74 Å². The van der Waals surface area contributed by atoms with Crippen LogP contribution in [0.4, 0.5) is 10.1 Å². The molecule has 0 heterocycles. The van der Waals surface area contributed by atoms with E-state index in [2.05, 4.69) is 0 Å². The summed E-state index contributed by atoms with van der Waals surface area (Å²) in [6.45, 7) is 3.83. The minimum absolute atomic E-state index is 0.0452. The van der Waals surface area contributed by atoms with E-state index in [-0.39, 0.29) is 12.2 Å². The van der Waals surface area contributed by atoms with Gasteiger partial charge in [0.2, 0.25) is 5.82 Å². The van der Waals surface area contributed by atoms with E-state index in [1.165, 1.54) is 12.1 Å². The quantitative estimate of drug-likeness (QED) is 0.627. The highest BCUT2D eigenvalue weighted by Crippen LogP contribution is 2.22. The van der Waals surface area contributed by atoms with Crippen LogP contribution in [0.3, 0.4) is 0 Å². The molecule has 0 unspecified atom stereocenters. The first-order valence-corrected chi connectivity index (χ1v) is 6.10. The largest absolute Gasteiger partial charge is 0.489 e. The van der Waals surface area contributed by atoms with Gasteiger partial charge in [-0.05, 0) is 37.1 Å². The van der Waals surface area contributed by atoms with Gasteiger partial charge in [0.05, 0.1) is 4.92 Å². The molecule has 0 aliphatic heterocycles. The molecule has 0 fully saturated rings. The molecule has 0 aliphatic rings. The Morgan fingerprint density at radius 3 is 2.45 bits per heavy atom. The van der Waals surface area contributed by atoms with Gasteiger partial charge in [-0.25, -0.2) is 0 Å². The lowest BCUT2D eigenvalue weighted by Crippen LogP contribution is -2.02. The first kappa shape index (κ1) is 14.0. The van der Waals surface area contributed by atoms with E-state index in [1.807, 2.05) is 32.0 Å². The number of halogens is 1. The second-order valence-electron chi connectivity index (χ2n) is 4.62. The van der Waals surface area contributed by atoms with Gasteiger partial charge in [-0.1, -0.05) is 18.2 Å². The molecule has 0 spiro atoms. The zero-order valence-corrected chi connectivity index (χ0v) is 11.2. The maximum absolute atomic E-state index is 13.9. The number of hydrogen-bond donors (Lipinski definition) is 0. The summed E-state index contributed by atoms with van der Waals surface area (Å²) in [5, 5.41) is 10.7. The van der Waals surface area contributed by atoms with Crippen molar-refractivity contribution >= 4 is 5.69 Å². The van der Waals surface area contributed by atoms with Gasteiger partial charge in [-0.2, -0.15) is 4.39 Å². The fraction of sp³-hybridized carbons (Fsp3) is 0.200. The SMILES string of the molecule is Cc1cc(C)cc(OCc2cccc([N+](=O)[O-])c2F)c1. The molecule has 0 N–H and O–H groups in total. The first-order chi connectivity index (χ1) is 9.47. The van der Waals surface area contributed by atoms with Gasteiger partial charge in [-0.3, -0.25) is 10.1 Å². The fourth-order valence-electron chi connectivity index (χ4n) is 2.00. The molecule has 104 valence electrons. The van der Waals surface area contributed by atoms with Crippen LogP contribution in [0, 0.1) is 29.8 Å². The van der Waals surface area contributed by atoms with Crippen molar-refractivity contribution in [3.05, 3.63) is 69.0 Å². The Bertz CT molecular complexity index is 635. The average molecular weight is 275 g/mol. The van der Waals surface area contributed by atoms with E-state index in [0.29, 0.717) is 5.75 Å². The lowest BCUT2D eigenvalue weighted by atomic mass is 10.1. The van der Waals surface area contributed by atoms with Crippen molar-refractivity contribution < 1.29 is 14.1 Å². The molecule has 0 radical (unpaired) electrons. The summed E-state index contributed by atoms with van der Waals surface area (Å²) in [7, 11) is 0. The predicted octanol–water partition coefficient (Wildman–Crippen LogP) is 3.93. The number of benzene rings is 2. The van der Waals surface area contributed by atoms with Crippen molar-refractivity contribution in [2.75, 3.05) is 0 Å².